The Morgan fingerprint density at radius 2 is 1.00 bits per heavy atom. The van der Waals surface area contributed by atoms with E-state index in [0.717, 1.165) is 0 Å². The highest BCUT2D eigenvalue weighted by Crippen LogP contribution is 1.20. The van der Waals surface area contributed by atoms with Gasteiger partial charge >= 0.3 is 0 Å². The van der Waals surface area contributed by atoms with Gasteiger partial charge in [0.25, 0.3) is 0 Å². The number of rotatable bonds is 0. The lowest BCUT2D eigenvalue weighted by Crippen LogP contribution is -0.617. The standard InChI is InChI=1S/CH3P.2ClH.H3P/c1-2;;;/h2H,1H2;2*1H;1H3. The third kappa shape index (κ3) is 37.6. The van der Waals surface area contributed by atoms with E-state index in [4.69, 9.17) is 0 Å². The summed E-state index contributed by atoms with van der Waals surface area (Å²) in [7, 11) is 2.72. The van der Waals surface area contributed by atoms with Crippen LogP contribution in [0.15, 0.2) is 0 Å². The Kier molecular flexibility index (Phi) is 454. The zero-order valence-corrected chi connectivity index (χ0v) is 6.78. The minimum atomic E-state index is 0. The molecule has 0 aliphatic carbocycles. The van der Waals surface area contributed by atoms with Crippen LogP contribution in [0, 0.1) is 0 Å². The van der Waals surface area contributed by atoms with Crippen LogP contribution in [0.2, 0.25) is 0 Å². The quantitative estimate of drug-likeness (QED) is 0.462. The lowest BCUT2D eigenvalue weighted by atomic mass is 12.0. The van der Waals surface area contributed by atoms with Gasteiger partial charge < -0.3 is 0 Å². The molecule has 0 N–H and O–H groups in total. The average molecular weight is 153 g/mol. The fourth-order valence-electron chi connectivity index (χ4n) is 0. The molecule has 5 heavy (non-hydrogen) atoms. The van der Waals surface area contributed by atoms with Gasteiger partial charge in [-0.15, -0.1) is 33.7 Å². The first-order chi connectivity index (χ1) is 1.00. The van der Waals surface area contributed by atoms with Gasteiger partial charge in [-0.1, -0.05) is 6.30 Å². The Labute approximate surface area is 50.4 Å². The van der Waals surface area contributed by atoms with Gasteiger partial charge in [0.05, 0.1) is 0 Å². The molecule has 0 aromatic rings. The fraction of sp³-hybridized carbons (Fsp3) is 0. The monoisotopic (exact) mass is 152 g/mol. The third-order valence-electron chi connectivity index (χ3n) is 0. The van der Waals surface area contributed by atoms with Crippen LogP contribution >= 0.6 is 43.6 Å². The van der Waals surface area contributed by atoms with E-state index in [-0.39, 0.29) is 34.7 Å². The first kappa shape index (κ1) is 34.9. The molecule has 0 saturated heterocycles. The Morgan fingerprint density at radius 1 is 1.00 bits per heavy atom. The van der Waals surface area contributed by atoms with Crippen molar-refractivity contribution in [1.29, 1.82) is 0 Å². The fourth-order valence-corrected chi connectivity index (χ4v) is 0. The molecule has 0 fully saturated rings. The molecule has 0 bridgehead atoms. The molecule has 0 aliphatic heterocycles. The highest BCUT2D eigenvalue weighted by molar-refractivity contribution is 7.15. The summed E-state index contributed by atoms with van der Waals surface area (Å²) >= 11 is 0. The van der Waals surface area contributed by atoms with E-state index in [2.05, 4.69) is 15.2 Å². The molecule has 0 amide bonds. The maximum Gasteiger partial charge on any atom is -0.0786 e. The second-order valence-electron chi connectivity index (χ2n) is 0. The molecule has 0 radical (unpaired) electrons. The normalized spacial score (nSPS) is 0.800. The topological polar surface area (TPSA) is 0 Å². The first-order valence-electron chi connectivity index (χ1n) is 0.354. The van der Waals surface area contributed by atoms with E-state index >= 15 is 0 Å². The highest BCUT2D eigenvalue weighted by atomic mass is 35.5. The van der Waals surface area contributed by atoms with Crippen LogP contribution in [-0.4, -0.2) is 6.30 Å². The minimum absolute atomic E-state index is 0. The van der Waals surface area contributed by atoms with E-state index in [1.54, 1.807) is 0 Å². The summed E-state index contributed by atoms with van der Waals surface area (Å²) in [6.45, 7) is 0. The second kappa shape index (κ2) is 65.0. The summed E-state index contributed by atoms with van der Waals surface area (Å²) < 4.78 is 0. The Balaban J connectivity index is -0.00000000167. The van der Waals surface area contributed by atoms with E-state index < -0.39 is 0 Å². The summed E-state index contributed by atoms with van der Waals surface area (Å²) in [6.07, 6.45) is 3.06. The molecule has 0 aromatic carbocycles. The van der Waals surface area contributed by atoms with Crippen molar-refractivity contribution in [3.05, 3.63) is 0 Å². The van der Waals surface area contributed by atoms with Gasteiger partial charge in [0.2, 0.25) is 0 Å². The highest BCUT2D eigenvalue weighted by Gasteiger charge is 0.603. The molecule has 0 spiro atoms. The van der Waals surface area contributed by atoms with E-state index in [9.17, 15) is 0 Å². The van der Waals surface area contributed by atoms with Crippen LogP contribution in [-0.2, 0) is 0 Å². The van der Waals surface area contributed by atoms with Crippen molar-refractivity contribution in [1.82, 2.24) is 0 Å². The summed E-state index contributed by atoms with van der Waals surface area (Å²) in [4.78, 5) is 0. The number of hydrogen-bond donors (Lipinski definition) is 0. The molecule has 0 nitrogen and oxygen atoms in total. The Bertz CT molecular complexity index is 7.61. The van der Waals surface area contributed by atoms with Gasteiger partial charge in [0.1, 0.15) is 0 Å². The molecule has 0 aromatic heterocycles. The molecule has 36 valence electrons. The summed E-state index contributed by atoms with van der Waals surface area (Å²) in [5, 5.41) is 0. The van der Waals surface area contributed by atoms with Gasteiger partial charge in [0.15, 0.2) is 0 Å². The van der Waals surface area contributed by atoms with Gasteiger partial charge in [-0.25, -0.2) is 0 Å². The van der Waals surface area contributed by atoms with Crippen molar-refractivity contribution in [3.8, 4) is 0 Å². The molecule has 0 heterocycles. The number of hydrogen-bond acceptors (Lipinski definition) is 0. The van der Waals surface area contributed by atoms with Crippen LogP contribution in [0.3, 0.4) is 0 Å². The minimum Gasteiger partial charge on any atom is -0.153 e. The van der Waals surface area contributed by atoms with Crippen molar-refractivity contribution < 1.29 is 0 Å². The number of halogens is 2. The van der Waals surface area contributed by atoms with Gasteiger partial charge in [0, 0.05) is 0 Å². The van der Waals surface area contributed by atoms with Crippen LogP contribution in [0.4, 0.5) is 0 Å². The van der Waals surface area contributed by atoms with Crippen molar-refractivity contribution in [2.75, 3.05) is 0 Å². The molecule has 0 saturated carbocycles. The van der Waals surface area contributed by atoms with Gasteiger partial charge in [-0.3, -0.25) is 0 Å². The predicted octanol–water partition coefficient (Wildman–Crippen LogP) is 1.46. The van der Waals surface area contributed by atoms with Crippen molar-refractivity contribution in [2.45, 2.75) is 0 Å². The summed E-state index contributed by atoms with van der Waals surface area (Å²) in [5.74, 6) is 0. The largest absolute Gasteiger partial charge is 0.153 e. The second-order valence-corrected chi connectivity index (χ2v) is 0. The van der Waals surface area contributed by atoms with Gasteiger partial charge in [-0.2, -0.15) is 9.90 Å². The first-order valence-corrected chi connectivity index (χ1v) is 1.06. The van der Waals surface area contributed by atoms with E-state index in [0.29, 0.717) is 0 Å². The molecule has 4 heteroatoms. The van der Waals surface area contributed by atoms with Crippen molar-refractivity contribution in [3.63, 3.8) is 0 Å². The Hall–Kier alpha value is 1.18. The van der Waals surface area contributed by atoms with Crippen molar-refractivity contribution in [2.24, 2.45) is 0 Å². The Morgan fingerprint density at radius 3 is 1.00 bits per heavy atom. The summed E-state index contributed by atoms with van der Waals surface area (Å²) in [6, 6.07) is 0. The van der Waals surface area contributed by atoms with Crippen LogP contribution < -0.4 is 0 Å². The zero-order valence-electron chi connectivity index (χ0n) is 2.73. The molecule has 1 atom stereocenters. The lowest BCUT2D eigenvalue weighted by Gasteiger charge is -0.812. The maximum absolute atomic E-state index is 3.06. The molecule has 1 unspecified atom stereocenters. The third-order valence-corrected chi connectivity index (χ3v) is 0. The SMILES string of the molecule is C=P.Cl.Cl.P. The van der Waals surface area contributed by atoms with Gasteiger partial charge in [-0.05, 0) is 0 Å². The zero-order chi connectivity index (χ0) is 2.00. The molecular weight excluding hydrogens is 145 g/mol. The van der Waals surface area contributed by atoms with E-state index in [1.807, 2.05) is 0 Å². The summed E-state index contributed by atoms with van der Waals surface area (Å²) in [5.41, 5.74) is 0. The van der Waals surface area contributed by atoms with Crippen molar-refractivity contribution >= 4 is 49.9 Å². The average Bonchev–Trinajstić information content (AvgIpc) is 1.00. The molecule has 0 aliphatic rings. The molecular formula is CH8Cl2P2. The van der Waals surface area contributed by atoms with Crippen LogP contribution in [0.5, 0.6) is 0 Å². The van der Waals surface area contributed by atoms with E-state index in [1.165, 1.54) is 0 Å². The molecule has 0 rings (SSSR count). The predicted molar refractivity (Wildman–Crippen MR) is 41.0 cm³/mol. The van der Waals surface area contributed by atoms with Crippen LogP contribution in [0.25, 0.3) is 0 Å². The maximum atomic E-state index is 3.06. The smallest absolute Gasteiger partial charge is 0.0786 e. The lowest BCUT2D eigenvalue weighted by molar-refractivity contribution is 4.77. The van der Waals surface area contributed by atoms with Crippen LogP contribution in [0.1, 0.15) is 0 Å².